The van der Waals surface area contributed by atoms with Gasteiger partial charge in [0.15, 0.2) is 0 Å². The van der Waals surface area contributed by atoms with Crippen LogP contribution in [-0.4, -0.2) is 23.5 Å². The number of aromatic amines is 1. The van der Waals surface area contributed by atoms with Gasteiger partial charge in [0.05, 0.1) is 6.61 Å². The van der Waals surface area contributed by atoms with Crippen molar-refractivity contribution in [3.8, 4) is 0 Å². The zero-order chi connectivity index (χ0) is 14.5. The molecule has 2 N–H and O–H groups in total. The number of aromatic nitrogens is 1. The van der Waals surface area contributed by atoms with Crippen molar-refractivity contribution in [2.24, 2.45) is 0 Å². The molecular formula is C15H16N2O3. The first-order valence-corrected chi connectivity index (χ1v) is 6.34. The van der Waals surface area contributed by atoms with Gasteiger partial charge in [0.2, 0.25) is 5.91 Å². The molecule has 0 saturated heterocycles. The topological polar surface area (TPSA) is 71.2 Å². The largest absolute Gasteiger partial charge is 0.461 e. The molecule has 5 nitrogen and oxygen atoms in total. The van der Waals surface area contributed by atoms with Crippen LogP contribution < -0.4 is 5.32 Å². The molecule has 20 heavy (non-hydrogen) atoms. The fourth-order valence-electron chi connectivity index (χ4n) is 2.01. The lowest BCUT2D eigenvalue weighted by Gasteiger charge is -2.05. The van der Waals surface area contributed by atoms with E-state index in [0.717, 1.165) is 10.9 Å². The zero-order valence-corrected chi connectivity index (χ0v) is 11.2. The first kappa shape index (κ1) is 13.9. The van der Waals surface area contributed by atoms with Crippen LogP contribution in [0.25, 0.3) is 10.9 Å². The van der Waals surface area contributed by atoms with Gasteiger partial charge in [-0.25, -0.2) is 4.79 Å². The number of amides is 1. The second-order valence-electron chi connectivity index (χ2n) is 4.17. The molecule has 2 aromatic rings. The van der Waals surface area contributed by atoms with Gasteiger partial charge < -0.3 is 15.0 Å². The molecule has 1 amide bonds. The van der Waals surface area contributed by atoms with E-state index in [0.29, 0.717) is 17.9 Å². The van der Waals surface area contributed by atoms with Crippen molar-refractivity contribution in [2.45, 2.75) is 13.5 Å². The summed E-state index contributed by atoms with van der Waals surface area (Å²) in [5.41, 5.74) is 1.92. The third-order valence-corrected chi connectivity index (χ3v) is 2.92. The van der Waals surface area contributed by atoms with Crippen LogP contribution in [0, 0.1) is 0 Å². The first-order chi connectivity index (χ1) is 9.67. The van der Waals surface area contributed by atoms with Crippen molar-refractivity contribution in [1.82, 2.24) is 10.3 Å². The van der Waals surface area contributed by atoms with Gasteiger partial charge >= 0.3 is 5.97 Å². The van der Waals surface area contributed by atoms with E-state index in [1.54, 1.807) is 6.92 Å². The number of esters is 1. The van der Waals surface area contributed by atoms with Crippen LogP contribution in [0.1, 0.15) is 23.0 Å². The van der Waals surface area contributed by atoms with Gasteiger partial charge in [-0.05, 0) is 19.1 Å². The number of para-hydroxylation sites is 1. The highest BCUT2D eigenvalue weighted by molar-refractivity contribution is 5.98. The van der Waals surface area contributed by atoms with Crippen molar-refractivity contribution < 1.29 is 14.3 Å². The zero-order valence-electron chi connectivity index (χ0n) is 11.2. The van der Waals surface area contributed by atoms with Crippen molar-refractivity contribution >= 4 is 22.8 Å². The lowest BCUT2D eigenvalue weighted by Crippen LogP contribution is -2.21. The second-order valence-corrected chi connectivity index (χ2v) is 4.17. The molecule has 0 unspecified atom stereocenters. The molecular weight excluding hydrogens is 256 g/mol. The summed E-state index contributed by atoms with van der Waals surface area (Å²) in [5.74, 6) is -0.711. The maximum atomic E-state index is 12.0. The van der Waals surface area contributed by atoms with Crippen molar-refractivity contribution in [1.29, 1.82) is 0 Å². The lowest BCUT2D eigenvalue weighted by atomic mass is 10.1. The standard InChI is InChI=1S/C15H16N2O3/c1-3-13(18)16-9-11-10-7-5-6-8-12(10)17-14(11)15(19)20-4-2/h3,5-8,17H,1,4,9H2,2H3,(H,16,18). The first-order valence-electron chi connectivity index (χ1n) is 6.34. The number of carbonyl (C=O) groups excluding carboxylic acids is 2. The Labute approximate surface area is 116 Å². The number of hydrogen-bond donors (Lipinski definition) is 2. The third kappa shape index (κ3) is 2.71. The van der Waals surface area contributed by atoms with E-state index in [2.05, 4.69) is 16.9 Å². The summed E-state index contributed by atoms with van der Waals surface area (Å²) in [6, 6.07) is 7.52. The summed E-state index contributed by atoms with van der Waals surface area (Å²) < 4.78 is 5.03. The van der Waals surface area contributed by atoms with Crippen LogP contribution in [0.5, 0.6) is 0 Å². The maximum absolute atomic E-state index is 12.0. The van der Waals surface area contributed by atoms with E-state index in [-0.39, 0.29) is 12.5 Å². The molecule has 104 valence electrons. The molecule has 0 spiro atoms. The molecule has 0 bridgehead atoms. The van der Waals surface area contributed by atoms with Gasteiger partial charge in [-0.2, -0.15) is 0 Å². The van der Waals surface area contributed by atoms with Gasteiger partial charge in [-0.3, -0.25) is 4.79 Å². The van der Waals surface area contributed by atoms with E-state index in [1.165, 1.54) is 6.08 Å². The Kier molecular flexibility index (Phi) is 4.20. The van der Waals surface area contributed by atoms with Crippen molar-refractivity contribution in [3.63, 3.8) is 0 Å². The van der Waals surface area contributed by atoms with Crippen LogP contribution >= 0.6 is 0 Å². The number of carbonyl (C=O) groups is 2. The highest BCUT2D eigenvalue weighted by atomic mass is 16.5. The second kappa shape index (κ2) is 6.06. The number of ether oxygens (including phenoxy) is 1. The number of H-pyrrole nitrogens is 1. The number of nitrogens with one attached hydrogen (secondary N) is 2. The fraction of sp³-hybridized carbons (Fsp3) is 0.200. The molecule has 1 aromatic carbocycles. The number of fused-ring (bicyclic) bond motifs is 1. The van der Waals surface area contributed by atoms with Gasteiger partial charge in [0.25, 0.3) is 0 Å². The van der Waals surface area contributed by atoms with E-state index < -0.39 is 5.97 Å². The van der Waals surface area contributed by atoms with E-state index in [1.807, 2.05) is 24.3 Å². The molecule has 0 aliphatic heterocycles. The summed E-state index contributed by atoms with van der Waals surface area (Å²) in [4.78, 5) is 26.3. The normalized spacial score (nSPS) is 10.2. The molecule has 0 aliphatic carbocycles. The Hall–Kier alpha value is -2.56. The van der Waals surface area contributed by atoms with Crippen LogP contribution in [-0.2, 0) is 16.1 Å². The molecule has 0 aliphatic rings. The molecule has 5 heteroatoms. The maximum Gasteiger partial charge on any atom is 0.355 e. The van der Waals surface area contributed by atoms with E-state index in [4.69, 9.17) is 4.74 Å². The van der Waals surface area contributed by atoms with Gasteiger partial charge in [-0.15, -0.1) is 0 Å². The lowest BCUT2D eigenvalue weighted by molar-refractivity contribution is -0.116. The summed E-state index contributed by atoms with van der Waals surface area (Å²) in [6.07, 6.45) is 1.19. The summed E-state index contributed by atoms with van der Waals surface area (Å²) in [6.45, 7) is 5.69. The SMILES string of the molecule is C=CC(=O)NCc1c(C(=O)OCC)[nH]c2ccccc12. The average molecular weight is 272 g/mol. The molecule has 0 fully saturated rings. The Bertz CT molecular complexity index is 658. The van der Waals surface area contributed by atoms with E-state index >= 15 is 0 Å². The summed E-state index contributed by atoms with van der Waals surface area (Å²) in [5, 5.41) is 3.57. The number of hydrogen-bond acceptors (Lipinski definition) is 3. The monoisotopic (exact) mass is 272 g/mol. The number of benzene rings is 1. The average Bonchev–Trinajstić information content (AvgIpc) is 2.83. The predicted octanol–water partition coefficient (Wildman–Crippen LogP) is 2.15. The van der Waals surface area contributed by atoms with Crippen LogP contribution in [0.15, 0.2) is 36.9 Å². The molecule has 0 atom stereocenters. The highest BCUT2D eigenvalue weighted by Crippen LogP contribution is 2.23. The van der Waals surface area contributed by atoms with Crippen LogP contribution in [0.3, 0.4) is 0 Å². The summed E-state index contributed by atoms with van der Waals surface area (Å²) in [7, 11) is 0. The quantitative estimate of drug-likeness (QED) is 0.647. The van der Waals surface area contributed by atoms with Crippen LogP contribution in [0.4, 0.5) is 0 Å². The minimum atomic E-state index is -0.424. The molecule has 1 aromatic heterocycles. The highest BCUT2D eigenvalue weighted by Gasteiger charge is 2.18. The van der Waals surface area contributed by atoms with Crippen LogP contribution in [0.2, 0.25) is 0 Å². The Morgan fingerprint density at radius 2 is 2.15 bits per heavy atom. The molecule has 0 saturated carbocycles. The van der Waals surface area contributed by atoms with Crippen molar-refractivity contribution in [2.75, 3.05) is 6.61 Å². The Morgan fingerprint density at radius 3 is 2.85 bits per heavy atom. The predicted molar refractivity (Wildman–Crippen MR) is 76.3 cm³/mol. The smallest absolute Gasteiger partial charge is 0.355 e. The minimum Gasteiger partial charge on any atom is -0.461 e. The van der Waals surface area contributed by atoms with Gasteiger partial charge in [0.1, 0.15) is 5.69 Å². The third-order valence-electron chi connectivity index (χ3n) is 2.92. The fourth-order valence-corrected chi connectivity index (χ4v) is 2.01. The molecule has 1 heterocycles. The number of rotatable bonds is 5. The van der Waals surface area contributed by atoms with Gasteiger partial charge in [0, 0.05) is 23.0 Å². The van der Waals surface area contributed by atoms with Crippen molar-refractivity contribution in [3.05, 3.63) is 48.2 Å². The Morgan fingerprint density at radius 1 is 1.40 bits per heavy atom. The molecule has 2 rings (SSSR count). The molecule has 0 radical (unpaired) electrons. The van der Waals surface area contributed by atoms with E-state index in [9.17, 15) is 9.59 Å². The minimum absolute atomic E-state index is 0.239. The summed E-state index contributed by atoms with van der Waals surface area (Å²) >= 11 is 0. The van der Waals surface area contributed by atoms with Gasteiger partial charge in [-0.1, -0.05) is 24.8 Å². The Balaban J connectivity index is 2.41.